The molecule has 0 aromatic carbocycles. The van der Waals surface area contributed by atoms with Crippen LogP contribution in [-0.2, 0) is 10.2 Å². The SMILES string of the molecule is CCN(C)S(=O)(=O)N[C@@H](C)c1nnc2ccccn12. The van der Waals surface area contributed by atoms with Gasteiger partial charge in [-0.1, -0.05) is 13.0 Å². The summed E-state index contributed by atoms with van der Waals surface area (Å²) in [5.74, 6) is 0.559. The Balaban J connectivity index is 2.28. The monoisotopic (exact) mass is 283 g/mol. The van der Waals surface area contributed by atoms with Crippen molar-refractivity contribution in [3.8, 4) is 0 Å². The van der Waals surface area contributed by atoms with Crippen molar-refractivity contribution in [2.75, 3.05) is 13.6 Å². The number of hydrogen-bond acceptors (Lipinski definition) is 4. The molecular formula is C11H17N5O2S. The molecule has 0 saturated heterocycles. The van der Waals surface area contributed by atoms with Gasteiger partial charge in [0.2, 0.25) is 0 Å². The van der Waals surface area contributed by atoms with E-state index >= 15 is 0 Å². The Morgan fingerprint density at radius 3 is 2.84 bits per heavy atom. The van der Waals surface area contributed by atoms with Crippen LogP contribution in [-0.4, -0.2) is 40.9 Å². The number of hydrogen-bond donors (Lipinski definition) is 1. The number of fused-ring (bicyclic) bond motifs is 1. The summed E-state index contributed by atoms with van der Waals surface area (Å²) >= 11 is 0. The molecule has 19 heavy (non-hydrogen) atoms. The van der Waals surface area contributed by atoms with Crippen LogP contribution in [0.15, 0.2) is 24.4 Å². The van der Waals surface area contributed by atoms with E-state index in [1.807, 2.05) is 18.2 Å². The zero-order valence-corrected chi connectivity index (χ0v) is 11.9. The number of rotatable bonds is 5. The zero-order valence-electron chi connectivity index (χ0n) is 11.1. The summed E-state index contributed by atoms with van der Waals surface area (Å²) in [6.07, 6.45) is 1.80. The molecular weight excluding hydrogens is 266 g/mol. The average Bonchev–Trinajstić information content (AvgIpc) is 2.81. The summed E-state index contributed by atoms with van der Waals surface area (Å²) in [5.41, 5.74) is 0.687. The number of nitrogens with zero attached hydrogens (tertiary/aromatic N) is 4. The lowest BCUT2D eigenvalue weighted by Crippen LogP contribution is -2.39. The van der Waals surface area contributed by atoms with E-state index in [0.717, 1.165) is 0 Å². The van der Waals surface area contributed by atoms with E-state index in [1.54, 1.807) is 24.4 Å². The summed E-state index contributed by atoms with van der Waals surface area (Å²) in [4.78, 5) is 0. The van der Waals surface area contributed by atoms with E-state index in [0.29, 0.717) is 18.0 Å². The Kier molecular flexibility index (Phi) is 3.83. The second-order valence-electron chi connectivity index (χ2n) is 4.25. The van der Waals surface area contributed by atoms with E-state index in [1.165, 1.54) is 11.4 Å². The molecule has 0 spiro atoms. The normalized spacial score (nSPS) is 14.1. The molecule has 2 rings (SSSR count). The first-order chi connectivity index (χ1) is 8.95. The summed E-state index contributed by atoms with van der Waals surface area (Å²) in [6, 6.07) is 5.05. The van der Waals surface area contributed by atoms with Crippen molar-refractivity contribution < 1.29 is 8.42 Å². The van der Waals surface area contributed by atoms with E-state index in [-0.39, 0.29) is 0 Å². The second-order valence-corrected chi connectivity index (χ2v) is 6.05. The molecule has 0 fully saturated rings. The lowest BCUT2D eigenvalue weighted by Gasteiger charge is -2.18. The molecule has 2 aromatic rings. The lowest BCUT2D eigenvalue weighted by atomic mass is 10.3. The van der Waals surface area contributed by atoms with Crippen molar-refractivity contribution in [3.63, 3.8) is 0 Å². The largest absolute Gasteiger partial charge is 0.285 e. The fourth-order valence-electron chi connectivity index (χ4n) is 1.69. The van der Waals surface area contributed by atoms with E-state index in [2.05, 4.69) is 14.9 Å². The van der Waals surface area contributed by atoms with Gasteiger partial charge in [0.25, 0.3) is 10.2 Å². The first-order valence-electron chi connectivity index (χ1n) is 5.99. The van der Waals surface area contributed by atoms with Crippen LogP contribution in [0.3, 0.4) is 0 Å². The molecule has 0 saturated carbocycles. The van der Waals surface area contributed by atoms with Crippen molar-refractivity contribution in [2.24, 2.45) is 0 Å². The average molecular weight is 283 g/mol. The Morgan fingerprint density at radius 1 is 1.42 bits per heavy atom. The quantitative estimate of drug-likeness (QED) is 0.870. The topological polar surface area (TPSA) is 79.6 Å². The molecule has 0 bridgehead atoms. The summed E-state index contributed by atoms with van der Waals surface area (Å²) in [6.45, 7) is 3.92. The van der Waals surface area contributed by atoms with Gasteiger partial charge in [0.05, 0.1) is 6.04 Å². The van der Waals surface area contributed by atoms with Gasteiger partial charge < -0.3 is 0 Å². The molecule has 0 radical (unpaired) electrons. The molecule has 104 valence electrons. The van der Waals surface area contributed by atoms with Crippen molar-refractivity contribution in [3.05, 3.63) is 30.2 Å². The first-order valence-corrected chi connectivity index (χ1v) is 7.43. The predicted molar refractivity (Wildman–Crippen MR) is 71.8 cm³/mol. The minimum absolute atomic E-state index is 0.405. The number of pyridine rings is 1. The highest BCUT2D eigenvalue weighted by atomic mass is 32.2. The Hall–Kier alpha value is -1.51. The highest BCUT2D eigenvalue weighted by molar-refractivity contribution is 7.87. The van der Waals surface area contributed by atoms with Crippen LogP contribution < -0.4 is 4.72 Å². The van der Waals surface area contributed by atoms with Crippen LogP contribution in [0.5, 0.6) is 0 Å². The maximum absolute atomic E-state index is 12.0. The summed E-state index contributed by atoms with van der Waals surface area (Å²) in [7, 11) is -1.98. The molecule has 8 heteroatoms. The third kappa shape index (κ3) is 2.75. The van der Waals surface area contributed by atoms with Gasteiger partial charge in [-0.05, 0) is 19.1 Å². The fourth-order valence-corrected chi connectivity index (χ4v) is 2.76. The van der Waals surface area contributed by atoms with Crippen LogP contribution >= 0.6 is 0 Å². The molecule has 0 unspecified atom stereocenters. The minimum Gasteiger partial charge on any atom is -0.285 e. The number of aromatic nitrogens is 3. The van der Waals surface area contributed by atoms with E-state index in [9.17, 15) is 8.42 Å². The van der Waals surface area contributed by atoms with Crippen molar-refractivity contribution in [1.82, 2.24) is 23.6 Å². The Bertz CT molecular complexity index is 667. The van der Waals surface area contributed by atoms with Crippen molar-refractivity contribution in [1.29, 1.82) is 0 Å². The first kappa shape index (κ1) is 13.9. The molecule has 0 aliphatic carbocycles. The van der Waals surface area contributed by atoms with Crippen molar-refractivity contribution >= 4 is 15.9 Å². The smallest absolute Gasteiger partial charge is 0.279 e. The van der Waals surface area contributed by atoms with Gasteiger partial charge in [0.1, 0.15) is 0 Å². The van der Waals surface area contributed by atoms with Gasteiger partial charge in [-0.15, -0.1) is 10.2 Å². The van der Waals surface area contributed by atoms with Crippen LogP contribution in [0.2, 0.25) is 0 Å². The molecule has 1 N–H and O–H groups in total. The van der Waals surface area contributed by atoms with Gasteiger partial charge in [-0.25, -0.2) is 0 Å². The highest BCUT2D eigenvalue weighted by Gasteiger charge is 2.22. The highest BCUT2D eigenvalue weighted by Crippen LogP contribution is 2.13. The van der Waals surface area contributed by atoms with Gasteiger partial charge >= 0.3 is 0 Å². The fraction of sp³-hybridized carbons (Fsp3) is 0.455. The van der Waals surface area contributed by atoms with E-state index in [4.69, 9.17) is 0 Å². The lowest BCUT2D eigenvalue weighted by molar-refractivity contribution is 0.461. The van der Waals surface area contributed by atoms with Crippen LogP contribution in [0.1, 0.15) is 25.7 Å². The maximum Gasteiger partial charge on any atom is 0.279 e. The summed E-state index contributed by atoms with van der Waals surface area (Å²) in [5, 5.41) is 8.03. The molecule has 0 aliphatic rings. The second kappa shape index (κ2) is 5.24. The maximum atomic E-state index is 12.0. The molecule has 7 nitrogen and oxygen atoms in total. The van der Waals surface area contributed by atoms with Gasteiger partial charge in [0, 0.05) is 19.8 Å². The minimum atomic E-state index is -3.50. The Labute approximate surface area is 112 Å². The van der Waals surface area contributed by atoms with Crippen LogP contribution in [0.25, 0.3) is 5.65 Å². The molecule has 2 heterocycles. The third-order valence-electron chi connectivity index (χ3n) is 2.91. The summed E-state index contributed by atoms with van der Waals surface area (Å²) < 4.78 is 29.5. The number of nitrogens with one attached hydrogen (secondary N) is 1. The third-order valence-corrected chi connectivity index (χ3v) is 4.64. The van der Waals surface area contributed by atoms with Crippen molar-refractivity contribution in [2.45, 2.75) is 19.9 Å². The molecule has 1 atom stereocenters. The standard InChI is InChI=1S/C11H17N5O2S/c1-4-15(3)19(17,18)14-9(2)11-13-12-10-7-5-6-8-16(10)11/h5-9,14H,4H2,1-3H3/t9-/m0/s1. The van der Waals surface area contributed by atoms with Gasteiger partial charge in [0.15, 0.2) is 11.5 Å². The molecule has 0 aliphatic heterocycles. The van der Waals surface area contributed by atoms with Crippen LogP contribution in [0.4, 0.5) is 0 Å². The zero-order chi connectivity index (χ0) is 14.0. The predicted octanol–water partition coefficient (Wildman–Crippen LogP) is 0.576. The van der Waals surface area contributed by atoms with Crippen LogP contribution in [0, 0.1) is 0 Å². The Morgan fingerprint density at radius 2 is 2.16 bits per heavy atom. The van der Waals surface area contributed by atoms with Gasteiger partial charge in [-0.3, -0.25) is 4.40 Å². The van der Waals surface area contributed by atoms with E-state index < -0.39 is 16.3 Å². The molecule has 0 amide bonds. The van der Waals surface area contributed by atoms with Gasteiger partial charge in [-0.2, -0.15) is 17.4 Å². The molecule has 2 aromatic heterocycles.